The Morgan fingerprint density at radius 2 is 2.12 bits per heavy atom. The molecule has 0 bridgehead atoms. The molecule has 2 rings (SSSR count). The van der Waals surface area contributed by atoms with E-state index >= 15 is 0 Å². The van der Waals surface area contributed by atoms with E-state index in [1.54, 1.807) is 0 Å². The van der Waals surface area contributed by atoms with E-state index < -0.39 is 0 Å². The Balaban J connectivity index is 0.00000128. The van der Waals surface area contributed by atoms with E-state index in [9.17, 15) is 0 Å². The third-order valence-electron chi connectivity index (χ3n) is 2.11. The Kier molecular flexibility index (Phi) is 6.04. The molecule has 0 unspecified atom stereocenters. The summed E-state index contributed by atoms with van der Waals surface area (Å²) in [4.78, 5) is 6.13. The minimum absolute atomic E-state index is 0. The largest absolute Gasteiger partial charge is 0.621 e. The Bertz CT molecular complexity index is 515. The van der Waals surface area contributed by atoms with Crippen molar-refractivity contribution < 1.29 is 51.3 Å². The number of hydrogen-bond donors (Lipinski definition) is 0. The first kappa shape index (κ1) is 14.2. The Morgan fingerprint density at radius 1 is 1.38 bits per heavy atom. The Hall–Kier alpha value is 0.169. The van der Waals surface area contributed by atoms with E-state index in [2.05, 4.69) is 24.2 Å². The van der Waals surface area contributed by atoms with Crippen molar-refractivity contribution in [2.45, 2.75) is 20.3 Å². The van der Waals surface area contributed by atoms with Gasteiger partial charge in [0.2, 0.25) is 0 Å². The van der Waals surface area contributed by atoms with Crippen molar-refractivity contribution in [1.29, 1.82) is 0 Å². The third kappa shape index (κ3) is 3.59. The maximum absolute atomic E-state index is 5.19. The summed E-state index contributed by atoms with van der Waals surface area (Å²) in [5.74, 6) is 0. The molecule has 0 fully saturated rings. The molecule has 2 nitrogen and oxygen atoms in total. The average molecular weight is 391 g/mol. The first-order chi connectivity index (χ1) is 7.29. The number of nitrogens with zero attached hydrogens (tertiary/aromatic N) is 1. The summed E-state index contributed by atoms with van der Waals surface area (Å²) in [6.45, 7) is 4.08. The number of hydrogen-bond acceptors (Lipinski definition) is 3. The van der Waals surface area contributed by atoms with Crippen LogP contribution in [-0.2, 0) is 6.42 Å². The smallest absolute Gasteiger partial charge is 0.116 e. The van der Waals surface area contributed by atoms with Crippen LogP contribution in [0.2, 0.25) is 0 Å². The van der Waals surface area contributed by atoms with Crippen molar-refractivity contribution in [3.63, 3.8) is 0 Å². The van der Waals surface area contributed by atoms with E-state index in [0.29, 0.717) is 4.87 Å². The average Bonchev–Trinajstić information content (AvgIpc) is 2.65. The van der Waals surface area contributed by atoms with Gasteiger partial charge in [0.25, 0.3) is 0 Å². The molecular weight excluding hydrogens is 379 g/mol. The molecule has 1 heterocycles. The van der Waals surface area contributed by atoms with Gasteiger partial charge in [-0.05, 0) is 25.0 Å². The molecule has 92 valence electrons. The SMILES string of the molecule is CCc1ccccc1N=c1o[c-]c(C)s1.[Yb]. The molecule has 0 aliphatic carbocycles. The van der Waals surface area contributed by atoms with Crippen LogP contribution in [-0.4, -0.2) is 0 Å². The molecule has 0 amide bonds. The molecule has 0 N–H and O–H groups in total. The van der Waals surface area contributed by atoms with Crippen LogP contribution in [0.25, 0.3) is 0 Å². The molecule has 0 saturated heterocycles. The quantitative estimate of drug-likeness (QED) is 0.722. The van der Waals surface area contributed by atoms with E-state index in [1.807, 2.05) is 25.1 Å². The van der Waals surface area contributed by atoms with Gasteiger partial charge in [-0.1, -0.05) is 36.3 Å². The van der Waals surface area contributed by atoms with Crippen LogP contribution in [0.15, 0.2) is 33.7 Å². The zero-order valence-corrected chi connectivity index (χ0v) is 11.6. The van der Waals surface area contributed by atoms with Crippen molar-refractivity contribution in [2.75, 3.05) is 0 Å². The summed E-state index contributed by atoms with van der Waals surface area (Å²) in [6, 6.07) is 8.11. The molecule has 0 spiro atoms. The van der Waals surface area contributed by atoms with Crippen LogP contribution >= 0.6 is 11.3 Å². The second-order valence-corrected chi connectivity index (χ2v) is 4.39. The zero-order valence-electron chi connectivity index (χ0n) is 9.05. The van der Waals surface area contributed by atoms with Gasteiger partial charge in [-0.25, -0.2) is 11.3 Å². The van der Waals surface area contributed by atoms with Gasteiger partial charge >= 0.3 is 0 Å². The fourth-order valence-electron chi connectivity index (χ4n) is 1.35. The summed E-state index contributed by atoms with van der Waals surface area (Å²) in [5, 5.41) is 0. The van der Waals surface area contributed by atoms with E-state index in [-0.39, 0.29) is 46.9 Å². The normalized spacial score (nSPS) is 11.2. The van der Waals surface area contributed by atoms with Gasteiger partial charge in [0, 0.05) is 52.6 Å². The van der Waals surface area contributed by atoms with Gasteiger partial charge in [-0.15, -0.1) is 0 Å². The minimum atomic E-state index is 0. The molecule has 16 heavy (non-hydrogen) atoms. The minimum Gasteiger partial charge on any atom is -0.621 e. The second-order valence-electron chi connectivity index (χ2n) is 3.22. The van der Waals surface area contributed by atoms with E-state index in [4.69, 9.17) is 4.42 Å². The first-order valence-electron chi connectivity index (χ1n) is 4.90. The molecule has 0 radical (unpaired) electrons. The standard InChI is InChI=1S/C12H12NOS.Yb/c1-3-10-6-4-5-7-11(10)13-12-14-8-9(2)15-12;/h4-7H,3H2,1-2H3;/q-1;. The van der Waals surface area contributed by atoms with Gasteiger partial charge < -0.3 is 4.42 Å². The van der Waals surface area contributed by atoms with Crippen LogP contribution in [0.1, 0.15) is 17.4 Å². The van der Waals surface area contributed by atoms with Crippen molar-refractivity contribution in [2.24, 2.45) is 4.99 Å². The monoisotopic (exact) mass is 392 g/mol. The maximum Gasteiger partial charge on any atom is 0.116 e. The summed E-state index contributed by atoms with van der Waals surface area (Å²) in [7, 11) is 0. The first-order valence-corrected chi connectivity index (χ1v) is 5.72. The number of para-hydroxylation sites is 1. The number of aryl methyl sites for hydroxylation is 2. The number of benzene rings is 1. The van der Waals surface area contributed by atoms with Crippen LogP contribution in [0.5, 0.6) is 0 Å². The van der Waals surface area contributed by atoms with Crippen molar-refractivity contribution in [3.8, 4) is 0 Å². The molecule has 2 aromatic rings. The van der Waals surface area contributed by atoms with Gasteiger partial charge in [0.05, 0.1) is 0 Å². The predicted molar refractivity (Wildman–Crippen MR) is 61.2 cm³/mol. The fourth-order valence-corrected chi connectivity index (χ4v) is 1.92. The van der Waals surface area contributed by atoms with Crippen LogP contribution in [0, 0.1) is 60.1 Å². The third-order valence-corrected chi connectivity index (χ3v) is 2.85. The Labute approximate surface area is 138 Å². The van der Waals surface area contributed by atoms with Gasteiger partial charge in [-0.3, -0.25) is 4.99 Å². The van der Waals surface area contributed by atoms with Crippen LogP contribution in [0.3, 0.4) is 0 Å². The molecule has 1 aromatic heterocycles. The fraction of sp³-hybridized carbons (Fsp3) is 0.250. The molecule has 0 aliphatic heterocycles. The van der Waals surface area contributed by atoms with E-state index in [0.717, 1.165) is 17.0 Å². The second kappa shape index (κ2) is 6.80. The molecule has 0 atom stereocenters. The molecule has 4 heteroatoms. The summed E-state index contributed by atoms with van der Waals surface area (Å²) in [5.41, 5.74) is 2.22. The van der Waals surface area contributed by atoms with Crippen molar-refractivity contribution in [3.05, 3.63) is 45.8 Å². The molecule has 1 aromatic carbocycles. The topological polar surface area (TPSA) is 25.5 Å². The van der Waals surface area contributed by atoms with E-state index in [1.165, 1.54) is 16.9 Å². The van der Waals surface area contributed by atoms with Gasteiger partial charge in [0.15, 0.2) is 0 Å². The summed E-state index contributed by atoms with van der Waals surface area (Å²) < 4.78 is 5.19. The zero-order chi connectivity index (χ0) is 10.7. The van der Waals surface area contributed by atoms with Gasteiger partial charge in [0.1, 0.15) is 4.87 Å². The van der Waals surface area contributed by atoms with Gasteiger partial charge in [-0.2, -0.15) is 0 Å². The van der Waals surface area contributed by atoms with Crippen molar-refractivity contribution >= 4 is 17.0 Å². The summed E-state index contributed by atoms with van der Waals surface area (Å²) >= 11 is 1.51. The maximum atomic E-state index is 5.19. The van der Waals surface area contributed by atoms with Crippen molar-refractivity contribution in [1.82, 2.24) is 0 Å². The van der Waals surface area contributed by atoms with Crippen LogP contribution in [0.4, 0.5) is 5.69 Å². The Morgan fingerprint density at radius 3 is 2.75 bits per heavy atom. The molecule has 0 aliphatic rings. The van der Waals surface area contributed by atoms with Crippen LogP contribution < -0.4 is 4.87 Å². The molecular formula is C12H12NOSYb-. The summed E-state index contributed by atoms with van der Waals surface area (Å²) in [6.07, 6.45) is 3.76. The predicted octanol–water partition coefficient (Wildman–Crippen LogP) is 3.24. The molecule has 0 saturated carbocycles. The number of rotatable bonds is 2.